The molecule has 0 aromatic carbocycles. The summed E-state index contributed by atoms with van der Waals surface area (Å²) in [6, 6.07) is 0.518. The fourth-order valence-corrected chi connectivity index (χ4v) is 1.68. The average molecular weight is 211 g/mol. The minimum absolute atomic E-state index is 0.518. The van der Waals surface area contributed by atoms with E-state index in [1.54, 1.807) is 7.11 Å². The topological polar surface area (TPSA) is 39.1 Å². The number of ether oxygens (including phenoxy) is 1. The van der Waals surface area contributed by atoms with Crippen molar-refractivity contribution in [3.05, 3.63) is 18.0 Å². The Morgan fingerprint density at radius 1 is 1.60 bits per heavy atom. The quantitative estimate of drug-likeness (QED) is 0.683. The molecule has 0 bridgehead atoms. The van der Waals surface area contributed by atoms with Crippen LogP contribution in [0, 0.1) is 0 Å². The van der Waals surface area contributed by atoms with Crippen molar-refractivity contribution < 1.29 is 4.74 Å². The summed E-state index contributed by atoms with van der Waals surface area (Å²) in [5.74, 6) is 0. The summed E-state index contributed by atoms with van der Waals surface area (Å²) in [5, 5.41) is 7.49. The Morgan fingerprint density at radius 3 is 2.93 bits per heavy atom. The summed E-state index contributed by atoms with van der Waals surface area (Å²) >= 11 is 0. The number of nitrogens with one attached hydrogen (secondary N) is 1. The monoisotopic (exact) mass is 211 g/mol. The molecule has 0 saturated heterocycles. The van der Waals surface area contributed by atoms with E-state index >= 15 is 0 Å². The van der Waals surface area contributed by atoms with E-state index in [1.165, 1.54) is 5.56 Å². The van der Waals surface area contributed by atoms with Gasteiger partial charge in [-0.25, -0.2) is 0 Å². The molecule has 15 heavy (non-hydrogen) atoms. The van der Waals surface area contributed by atoms with Gasteiger partial charge in [0.1, 0.15) is 0 Å². The van der Waals surface area contributed by atoms with Crippen LogP contribution in [0.2, 0.25) is 0 Å². The van der Waals surface area contributed by atoms with E-state index in [2.05, 4.69) is 16.6 Å². The van der Waals surface area contributed by atoms with Crippen LogP contribution in [0.4, 0.5) is 0 Å². The number of likely N-dealkylation sites (N-methyl/N-ethyl adjacent to an activating group) is 1. The van der Waals surface area contributed by atoms with Gasteiger partial charge in [0, 0.05) is 33.0 Å². The SMILES string of the molecule is CNC(CCCOC)Cc1cnn(C)c1. The first kappa shape index (κ1) is 12.2. The highest BCUT2D eigenvalue weighted by Gasteiger charge is 2.07. The molecule has 0 saturated carbocycles. The van der Waals surface area contributed by atoms with Gasteiger partial charge < -0.3 is 10.1 Å². The van der Waals surface area contributed by atoms with Gasteiger partial charge >= 0.3 is 0 Å². The molecule has 4 heteroatoms. The summed E-state index contributed by atoms with van der Waals surface area (Å²) in [6.07, 6.45) is 7.27. The molecular formula is C11H21N3O. The molecule has 1 atom stereocenters. The number of hydrogen-bond acceptors (Lipinski definition) is 3. The third-order valence-corrected chi connectivity index (χ3v) is 2.55. The molecule has 1 rings (SSSR count). The molecule has 0 spiro atoms. The zero-order valence-electron chi connectivity index (χ0n) is 9.86. The molecule has 0 aliphatic carbocycles. The first-order chi connectivity index (χ1) is 7.26. The smallest absolute Gasteiger partial charge is 0.0522 e. The Morgan fingerprint density at radius 2 is 2.40 bits per heavy atom. The third-order valence-electron chi connectivity index (χ3n) is 2.55. The summed E-state index contributed by atoms with van der Waals surface area (Å²) in [4.78, 5) is 0. The summed E-state index contributed by atoms with van der Waals surface area (Å²) in [5.41, 5.74) is 1.29. The molecule has 1 heterocycles. The van der Waals surface area contributed by atoms with E-state index in [0.29, 0.717) is 6.04 Å². The van der Waals surface area contributed by atoms with E-state index in [0.717, 1.165) is 25.9 Å². The molecule has 0 fully saturated rings. The lowest BCUT2D eigenvalue weighted by atomic mass is 10.0. The Labute approximate surface area is 91.6 Å². The Balaban J connectivity index is 2.33. The maximum Gasteiger partial charge on any atom is 0.0522 e. The molecule has 0 radical (unpaired) electrons. The Hall–Kier alpha value is -0.870. The Bertz CT molecular complexity index is 273. The van der Waals surface area contributed by atoms with Crippen molar-refractivity contribution in [2.75, 3.05) is 20.8 Å². The average Bonchev–Trinajstić information content (AvgIpc) is 2.63. The van der Waals surface area contributed by atoms with Crippen LogP contribution in [0.1, 0.15) is 18.4 Å². The highest BCUT2D eigenvalue weighted by molar-refractivity contribution is 5.05. The molecule has 1 unspecified atom stereocenters. The minimum Gasteiger partial charge on any atom is -0.385 e. The van der Waals surface area contributed by atoms with Gasteiger partial charge in [-0.1, -0.05) is 0 Å². The molecule has 0 aliphatic rings. The number of aromatic nitrogens is 2. The van der Waals surface area contributed by atoms with E-state index in [9.17, 15) is 0 Å². The van der Waals surface area contributed by atoms with Crippen molar-refractivity contribution in [2.45, 2.75) is 25.3 Å². The van der Waals surface area contributed by atoms with Crippen LogP contribution in [-0.4, -0.2) is 36.6 Å². The summed E-state index contributed by atoms with van der Waals surface area (Å²) < 4.78 is 6.89. The van der Waals surface area contributed by atoms with Crippen molar-refractivity contribution >= 4 is 0 Å². The Kier molecular flexibility index (Phi) is 5.36. The predicted octanol–water partition coefficient (Wildman–Crippen LogP) is 0.977. The zero-order chi connectivity index (χ0) is 11.1. The van der Waals surface area contributed by atoms with E-state index in [-0.39, 0.29) is 0 Å². The van der Waals surface area contributed by atoms with Crippen LogP contribution in [-0.2, 0) is 18.2 Å². The van der Waals surface area contributed by atoms with Crippen molar-refractivity contribution in [1.29, 1.82) is 0 Å². The van der Waals surface area contributed by atoms with Crippen molar-refractivity contribution in [1.82, 2.24) is 15.1 Å². The predicted molar refractivity (Wildman–Crippen MR) is 60.9 cm³/mol. The van der Waals surface area contributed by atoms with Gasteiger partial charge in [0.2, 0.25) is 0 Å². The minimum atomic E-state index is 0.518. The molecule has 4 nitrogen and oxygen atoms in total. The largest absolute Gasteiger partial charge is 0.385 e. The van der Waals surface area contributed by atoms with Gasteiger partial charge in [0.25, 0.3) is 0 Å². The molecule has 0 aliphatic heterocycles. The number of methoxy groups -OCH3 is 1. The fraction of sp³-hybridized carbons (Fsp3) is 0.727. The zero-order valence-corrected chi connectivity index (χ0v) is 9.86. The van der Waals surface area contributed by atoms with Crippen LogP contribution in [0.25, 0.3) is 0 Å². The van der Waals surface area contributed by atoms with Gasteiger partial charge in [-0.2, -0.15) is 5.10 Å². The molecule has 86 valence electrons. The highest BCUT2D eigenvalue weighted by Crippen LogP contribution is 2.06. The first-order valence-corrected chi connectivity index (χ1v) is 5.40. The van der Waals surface area contributed by atoms with Crippen molar-refractivity contribution in [2.24, 2.45) is 7.05 Å². The lowest BCUT2D eigenvalue weighted by molar-refractivity contribution is 0.189. The van der Waals surface area contributed by atoms with E-state index in [1.807, 2.05) is 25.0 Å². The van der Waals surface area contributed by atoms with Gasteiger partial charge in [-0.3, -0.25) is 4.68 Å². The first-order valence-electron chi connectivity index (χ1n) is 5.40. The van der Waals surface area contributed by atoms with Gasteiger partial charge in [-0.15, -0.1) is 0 Å². The summed E-state index contributed by atoms with van der Waals surface area (Å²) in [6.45, 7) is 0.839. The second kappa shape index (κ2) is 6.58. The van der Waals surface area contributed by atoms with Crippen LogP contribution >= 0.6 is 0 Å². The van der Waals surface area contributed by atoms with E-state index < -0.39 is 0 Å². The lowest BCUT2D eigenvalue weighted by Crippen LogP contribution is -2.27. The van der Waals surface area contributed by atoms with Gasteiger partial charge in [-0.05, 0) is 31.9 Å². The standard InChI is InChI=1S/C11H21N3O/c1-12-11(5-4-6-15-3)7-10-8-13-14(2)9-10/h8-9,11-12H,4-7H2,1-3H3. The maximum absolute atomic E-state index is 5.05. The maximum atomic E-state index is 5.05. The second-order valence-electron chi connectivity index (χ2n) is 3.85. The van der Waals surface area contributed by atoms with Crippen LogP contribution < -0.4 is 5.32 Å². The molecule has 1 aromatic rings. The molecular weight excluding hydrogens is 190 g/mol. The number of hydrogen-bond donors (Lipinski definition) is 1. The molecule has 0 amide bonds. The number of nitrogens with zero attached hydrogens (tertiary/aromatic N) is 2. The van der Waals surface area contributed by atoms with Crippen LogP contribution in [0.5, 0.6) is 0 Å². The van der Waals surface area contributed by atoms with Crippen LogP contribution in [0.15, 0.2) is 12.4 Å². The van der Waals surface area contributed by atoms with Gasteiger partial charge in [0.15, 0.2) is 0 Å². The highest BCUT2D eigenvalue weighted by atomic mass is 16.5. The van der Waals surface area contributed by atoms with Crippen LogP contribution in [0.3, 0.4) is 0 Å². The lowest BCUT2D eigenvalue weighted by Gasteiger charge is -2.14. The second-order valence-corrected chi connectivity index (χ2v) is 3.85. The summed E-state index contributed by atoms with van der Waals surface area (Å²) in [7, 11) is 5.70. The normalized spacial score (nSPS) is 13.0. The molecule has 1 aromatic heterocycles. The fourth-order valence-electron chi connectivity index (χ4n) is 1.68. The third kappa shape index (κ3) is 4.44. The number of rotatable bonds is 7. The van der Waals surface area contributed by atoms with E-state index in [4.69, 9.17) is 4.74 Å². The van der Waals surface area contributed by atoms with Crippen molar-refractivity contribution in [3.8, 4) is 0 Å². The molecule has 1 N–H and O–H groups in total. The van der Waals surface area contributed by atoms with Crippen molar-refractivity contribution in [3.63, 3.8) is 0 Å². The number of aryl methyl sites for hydroxylation is 1. The van der Waals surface area contributed by atoms with Gasteiger partial charge in [0.05, 0.1) is 6.20 Å².